The van der Waals surface area contributed by atoms with Gasteiger partial charge in [0.1, 0.15) is 17.6 Å². The predicted molar refractivity (Wildman–Crippen MR) is 123 cm³/mol. The summed E-state index contributed by atoms with van der Waals surface area (Å²) in [6.07, 6.45) is 5.70. The second-order valence-electron chi connectivity index (χ2n) is 6.23. The molecular weight excluding hydrogens is 461 g/mol. The molecule has 0 saturated carbocycles. The van der Waals surface area contributed by atoms with Crippen molar-refractivity contribution in [3.05, 3.63) is 23.3 Å². The van der Waals surface area contributed by atoms with Crippen LogP contribution in [-0.2, 0) is 13.0 Å². The van der Waals surface area contributed by atoms with E-state index >= 15 is 0 Å². The first-order chi connectivity index (χ1) is 12.2. The van der Waals surface area contributed by atoms with Gasteiger partial charge in [0.2, 0.25) is 0 Å². The number of hydrogen-bond acceptors (Lipinski definition) is 4. The number of aliphatic imine (C=N–C) groups is 1. The van der Waals surface area contributed by atoms with Crippen molar-refractivity contribution < 1.29 is 9.47 Å². The van der Waals surface area contributed by atoms with E-state index in [1.807, 2.05) is 11.8 Å². The molecule has 26 heavy (non-hydrogen) atoms. The Morgan fingerprint density at radius 2 is 2.15 bits per heavy atom. The van der Waals surface area contributed by atoms with Crippen molar-refractivity contribution in [3.63, 3.8) is 0 Å². The van der Waals surface area contributed by atoms with Gasteiger partial charge in [-0.25, -0.2) is 4.99 Å². The van der Waals surface area contributed by atoms with Crippen molar-refractivity contribution in [2.45, 2.75) is 45.8 Å². The molecule has 7 heteroatoms. The molecule has 0 bridgehead atoms. The number of rotatable bonds is 9. The average molecular weight is 493 g/mol. The fourth-order valence-electron chi connectivity index (χ4n) is 2.88. The average Bonchev–Trinajstić information content (AvgIpc) is 2.97. The largest absolute Gasteiger partial charge is 0.496 e. The van der Waals surface area contributed by atoms with Crippen LogP contribution in [-0.4, -0.2) is 44.3 Å². The molecule has 1 atom stereocenters. The number of ether oxygens (including phenoxy) is 2. The van der Waals surface area contributed by atoms with E-state index in [0.717, 1.165) is 49.0 Å². The number of nitrogens with zero attached hydrogens (tertiary/aromatic N) is 1. The molecule has 0 radical (unpaired) electrons. The van der Waals surface area contributed by atoms with Crippen molar-refractivity contribution in [2.75, 3.05) is 32.2 Å². The minimum absolute atomic E-state index is 0. The van der Waals surface area contributed by atoms with Gasteiger partial charge in [0.25, 0.3) is 0 Å². The summed E-state index contributed by atoms with van der Waals surface area (Å²) in [5.41, 5.74) is 2.27. The van der Waals surface area contributed by atoms with Gasteiger partial charge in [-0.2, -0.15) is 11.8 Å². The van der Waals surface area contributed by atoms with Gasteiger partial charge in [0.05, 0.1) is 13.7 Å². The van der Waals surface area contributed by atoms with Crippen LogP contribution in [0.4, 0.5) is 0 Å². The van der Waals surface area contributed by atoms with Gasteiger partial charge in [-0.3, -0.25) is 0 Å². The Labute approximate surface area is 179 Å². The number of benzene rings is 1. The fraction of sp³-hybridized carbons (Fsp3) is 0.632. The lowest BCUT2D eigenvalue weighted by atomic mass is 10.1. The third-order valence-corrected chi connectivity index (χ3v) is 4.82. The Kier molecular flexibility index (Phi) is 11.2. The van der Waals surface area contributed by atoms with Gasteiger partial charge in [-0.05, 0) is 50.8 Å². The molecule has 0 saturated heterocycles. The second kappa shape index (κ2) is 12.5. The molecule has 1 unspecified atom stereocenters. The van der Waals surface area contributed by atoms with Crippen LogP contribution in [0.2, 0.25) is 0 Å². The van der Waals surface area contributed by atoms with E-state index in [1.54, 1.807) is 7.11 Å². The van der Waals surface area contributed by atoms with Gasteiger partial charge < -0.3 is 20.1 Å². The molecule has 1 heterocycles. The predicted octanol–water partition coefficient (Wildman–Crippen LogP) is 3.83. The third-order valence-electron chi connectivity index (χ3n) is 4.12. The molecule has 1 aromatic rings. The van der Waals surface area contributed by atoms with E-state index in [9.17, 15) is 0 Å². The molecular formula is C19H32IN3O2S. The summed E-state index contributed by atoms with van der Waals surface area (Å²) < 4.78 is 11.4. The number of halogens is 1. The smallest absolute Gasteiger partial charge is 0.191 e. The molecule has 1 aromatic carbocycles. The number of fused-ring (bicyclic) bond motifs is 1. The van der Waals surface area contributed by atoms with E-state index in [2.05, 4.69) is 42.9 Å². The number of hydrogen-bond donors (Lipinski definition) is 2. The zero-order valence-corrected chi connectivity index (χ0v) is 19.4. The van der Waals surface area contributed by atoms with E-state index < -0.39 is 0 Å². The van der Waals surface area contributed by atoms with E-state index in [0.29, 0.717) is 6.54 Å². The molecule has 0 fully saturated rings. The summed E-state index contributed by atoms with van der Waals surface area (Å²) in [7, 11) is 1.71. The Bertz CT molecular complexity index is 584. The zero-order valence-electron chi connectivity index (χ0n) is 16.3. The summed E-state index contributed by atoms with van der Waals surface area (Å²) >= 11 is 1.89. The standard InChI is InChI=1S/C19H31N3O2S.HI/c1-5-20-19(21-8-6-7-9-25-4)22-13-16-12-18-15(10-14(2)24-18)11-17(16)23-3;/h11-12,14H,5-10,13H2,1-4H3,(H2,20,21,22);1H. The number of guanidine groups is 1. The van der Waals surface area contributed by atoms with Crippen molar-refractivity contribution in [3.8, 4) is 11.5 Å². The molecule has 0 amide bonds. The van der Waals surface area contributed by atoms with E-state index in [4.69, 9.17) is 14.5 Å². The van der Waals surface area contributed by atoms with Crippen molar-refractivity contribution >= 4 is 41.7 Å². The highest BCUT2D eigenvalue weighted by Gasteiger charge is 2.21. The van der Waals surface area contributed by atoms with E-state index in [1.165, 1.54) is 17.7 Å². The summed E-state index contributed by atoms with van der Waals surface area (Å²) in [4.78, 5) is 4.71. The molecule has 0 aromatic heterocycles. The first kappa shape index (κ1) is 23.2. The summed E-state index contributed by atoms with van der Waals surface area (Å²) in [6, 6.07) is 4.16. The highest BCUT2D eigenvalue weighted by atomic mass is 127. The van der Waals surface area contributed by atoms with Gasteiger partial charge in [-0.1, -0.05) is 0 Å². The highest BCUT2D eigenvalue weighted by molar-refractivity contribution is 14.0. The monoisotopic (exact) mass is 493 g/mol. The molecule has 1 aliphatic rings. The minimum atomic E-state index is 0. The first-order valence-electron chi connectivity index (χ1n) is 9.05. The molecule has 1 aliphatic heterocycles. The van der Waals surface area contributed by atoms with Gasteiger partial charge >= 0.3 is 0 Å². The lowest BCUT2D eigenvalue weighted by Crippen LogP contribution is -2.37. The van der Waals surface area contributed by atoms with Crippen molar-refractivity contribution in [2.24, 2.45) is 4.99 Å². The van der Waals surface area contributed by atoms with Crippen LogP contribution in [0.15, 0.2) is 17.1 Å². The maximum absolute atomic E-state index is 5.87. The Morgan fingerprint density at radius 3 is 2.85 bits per heavy atom. The van der Waals surface area contributed by atoms with Crippen LogP contribution in [0.25, 0.3) is 0 Å². The number of methoxy groups -OCH3 is 1. The van der Waals surface area contributed by atoms with Crippen LogP contribution in [0, 0.1) is 0 Å². The molecule has 148 valence electrons. The molecule has 0 aliphatic carbocycles. The van der Waals surface area contributed by atoms with Crippen molar-refractivity contribution in [1.82, 2.24) is 10.6 Å². The normalized spacial score (nSPS) is 15.7. The van der Waals surface area contributed by atoms with Crippen LogP contribution in [0.5, 0.6) is 11.5 Å². The summed E-state index contributed by atoms with van der Waals surface area (Å²) in [5, 5.41) is 6.71. The number of unbranched alkanes of at least 4 members (excludes halogenated alkanes) is 1. The number of nitrogens with one attached hydrogen (secondary N) is 2. The van der Waals surface area contributed by atoms with Crippen LogP contribution in [0.3, 0.4) is 0 Å². The summed E-state index contributed by atoms with van der Waals surface area (Å²) in [5.74, 6) is 3.91. The molecule has 0 spiro atoms. The van der Waals surface area contributed by atoms with Crippen LogP contribution < -0.4 is 20.1 Å². The highest BCUT2D eigenvalue weighted by Crippen LogP contribution is 2.35. The number of thioether (sulfide) groups is 1. The Morgan fingerprint density at radius 1 is 1.35 bits per heavy atom. The Hall–Kier alpha value is -0.830. The lowest BCUT2D eigenvalue weighted by molar-refractivity contribution is 0.254. The molecule has 2 rings (SSSR count). The first-order valence-corrected chi connectivity index (χ1v) is 10.4. The lowest BCUT2D eigenvalue weighted by Gasteiger charge is -2.13. The fourth-order valence-corrected chi connectivity index (χ4v) is 3.37. The van der Waals surface area contributed by atoms with Gasteiger partial charge in [-0.15, -0.1) is 24.0 Å². The van der Waals surface area contributed by atoms with Gasteiger partial charge in [0.15, 0.2) is 5.96 Å². The topological polar surface area (TPSA) is 54.9 Å². The maximum atomic E-state index is 5.87. The summed E-state index contributed by atoms with van der Waals surface area (Å²) in [6.45, 7) is 6.52. The minimum Gasteiger partial charge on any atom is -0.496 e. The zero-order chi connectivity index (χ0) is 18.1. The maximum Gasteiger partial charge on any atom is 0.191 e. The van der Waals surface area contributed by atoms with Gasteiger partial charge in [0, 0.05) is 30.6 Å². The van der Waals surface area contributed by atoms with Crippen LogP contribution in [0.1, 0.15) is 37.8 Å². The Balaban J connectivity index is 0.00000338. The van der Waals surface area contributed by atoms with Crippen molar-refractivity contribution in [1.29, 1.82) is 0 Å². The quantitative estimate of drug-likeness (QED) is 0.237. The van der Waals surface area contributed by atoms with E-state index in [-0.39, 0.29) is 30.1 Å². The SMILES string of the molecule is CCNC(=NCc1cc2c(cc1OC)CC(C)O2)NCCCCSC.I. The second-order valence-corrected chi connectivity index (χ2v) is 7.21. The molecule has 2 N–H and O–H groups in total. The third kappa shape index (κ3) is 7.06. The molecule has 5 nitrogen and oxygen atoms in total. The van der Waals surface area contributed by atoms with Crippen LogP contribution >= 0.6 is 35.7 Å².